The van der Waals surface area contributed by atoms with Crippen molar-refractivity contribution in [3.8, 4) is 0 Å². The van der Waals surface area contributed by atoms with E-state index in [1.807, 2.05) is 0 Å². The van der Waals surface area contributed by atoms with Crippen LogP contribution in [-0.4, -0.2) is 16.4 Å². The Kier molecular flexibility index (Phi) is 4.09. The zero-order valence-electron chi connectivity index (χ0n) is 1.71. The Hall–Kier alpha value is 1.67. The Bertz CT molecular complexity index is 8.00. The molecule has 0 aliphatic carbocycles. The molecule has 0 unspecified atom stereocenters. The van der Waals surface area contributed by atoms with Crippen LogP contribution in [0.5, 0.6) is 0 Å². The summed E-state index contributed by atoms with van der Waals surface area (Å²) in [5.74, 6) is 0. The monoisotopic (exact) mass is 226 g/mol. The molecule has 0 radical (unpaired) electrons. The summed E-state index contributed by atoms with van der Waals surface area (Å²) in [5.41, 5.74) is 0. The van der Waals surface area contributed by atoms with Gasteiger partial charge in [-0.1, -0.05) is 0 Å². The van der Waals surface area contributed by atoms with E-state index >= 15 is 0 Å². The van der Waals surface area contributed by atoms with E-state index in [4.69, 9.17) is 26.8 Å². The van der Waals surface area contributed by atoms with Gasteiger partial charge in [-0.15, -0.1) is 0 Å². The number of hydrogen-bond acceptors (Lipinski definition) is 0. The van der Waals surface area contributed by atoms with E-state index in [9.17, 15) is 0 Å². The van der Waals surface area contributed by atoms with Crippen molar-refractivity contribution < 1.29 is 0 Å². The molecule has 0 saturated carbocycles. The fourth-order valence-corrected chi connectivity index (χ4v) is 0. The van der Waals surface area contributed by atoms with Crippen LogP contribution in [0.1, 0.15) is 0 Å². The fraction of sp³-hybridized carbons (Fsp3) is 0. The van der Waals surface area contributed by atoms with Gasteiger partial charge in [0.1, 0.15) is 0 Å². The molecule has 0 amide bonds. The first kappa shape index (κ1) is 5.67. The van der Waals surface area contributed by atoms with Crippen molar-refractivity contribution in [3.05, 3.63) is 0 Å². The second kappa shape index (κ2) is 2.88. The van der Waals surface area contributed by atoms with E-state index in [2.05, 4.69) is 0 Å². The van der Waals surface area contributed by atoms with Crippen molar-refractivity contribution in [2.24, 2.45) is 0 Å². The van der Waals surface area contributed by atoms with E-state index in [-0.39, 0.29) is 0 Å². The van der Waals surface area contributed by atoms with Crippen molar-refractivity contribution in [1.29, 1.82) is 0 Å². The third kappa shape index (κ3) is 9.38. The topological polar surface area (TPSA) is 0 Å². The van der Waals surface area contributed by atoms with Gasteiger partial charge < -0.3 is 0 Å². The minimum atomic E-state index is -2.22. The molecule has 0 fully saturated rings. The van der Waals surface area contributed by atoms with Crippen LogP contribution in [0, 0.1) is 0 Å². The molecule has 0 aromatic heterocycles. The van der Waals surface area contributed by atoms with Gasteiger partial charge in [0.2, 0.25) is 0 Å². The predicted octanol–water partition coefficient (Wildman–Crippen LogP) is 1.42. The Balaban J connectivity index is 2.32. The van der Waals surface area contributed by atoms with Gasteiger partial charge in [-0.2, -0.15) is 0 Å². The third-order valence-corrected chi connectivity index (χ3v) is 0. The summed E-state index contributed by atoms with van der Waals surface area (Å²) in [7, 11) is 15.0. The predicted molar refractivity (Wildman–Crippen MR) is 24.7 cm³/mol. The molecular formula is HCl3Sn. The van der Waals surface area contributed by atoms with Crippen LogP contribution < -0.4 is 0 Å². The minimum absolute atomic E-state index is 2.22. The number of halogens is 3. The van der Waals surface area contributed by atoms with Crippen LogP contribution in [0.3, 0.4) is 0 Å². The van der Waals surface area contributed by atoms with Crippen molar-refractivity contribution >= 4 is 43.1 Å². The summed E-state index contributed by atoms with van der Waals surface area (Å²) in [6.45, 7) is 0. The van der Waals surface area contributed by atoms with Crippen molar-refractivity contribution in [2.75, 3.05) is 0 Å². The zero-order chi connectivity index (χ0) is 3.58. The van der Waals surface area contributed by atoms with Crippen molar-refractivity contribution in [2.45, 2.75) is 0 Å². The van der Waals surface area contributed by atoms with Gasteiger partial charge in [-0.3, -0.25) is 0 Å². The average Bonchev–Trinajstić information content (AvgIpc) is 0.811. The quantitative estimate of drug-likeness (QED) is 0.548. The van der Waals surface area contributed by atoms with Crippen molar-refractivity contribution in [1.82, 2.24) is 0 Å². The summed E-state index contributed by atoms with van der Waals surface area (Å²) in [6.07, 6.45) is 0. The molecule has 0 aliphatic heterocycles. The van der Waals surface area contributed by atoms with E-state index in [1.54, 1.807) is 0 Å². The van der Waals surface area contributed by atoms with Crippen LogP contribution in [0.2, 0.25) is 0 Å². The molecule has 0 nitrogen and oxygen atoms in total. The molecule has 4 heteroatoms. The molecule has 4 heavy (non-hydrogen) atoms. The summed E-state index contributed by atoms with van der Waals surface area (Å²) in [6, 6.07) is 0. The van der Waals surface area contributed by atoms with Crippen molar-refractivity contribution in [3.63, 3.8) is 0 Å². The first-order valence-corrected chi connectivity index (χ1v) is 13.2. The maximum absolute atomic E-state index is 5.02. The summed E-state index contributed by atoms with van der Waals surface area (Å²) >= 11 is -2.22. The molecule has 0 aromatic rings. The standard InChI is InChI=1S/3ClH.Sn.H/h3*1H;;/q;;;+3;/p-3. The number of hydrogen-bond donors (Lipinski definition) is 0. The van der Waals surface area contributed by atoms with Crippen LogP contribution in [0.4, 0.5) is 0 Å². The van der Waals surface area contributed by atoms with Gasteiger partial charge >= 0.3 is 43.1 Å². The summed E-state index contributed by atoms with van der Waals surface area (Å²) in [4.78, 5) is 0. The SMILES string of the molecule is [Cl][SnH]([Cl])[Cl]. The third-order valence-electron chi connectivity index (χ3n) is 0. The zero-order valence-corrected chi connectivity index (χ0v) is 7.27. The van der Waals surface area contributed by atoms with E-state index < -0.39 is 16.4 Å². The Morgan fingerprint density at radius 1 is 1.00 bits per heavy atom. The molecule has 0 aliphatic rings. The second-order valence-electron chi connectivity index (χ2n) is 0.247. The molecule has 0 rings (SSSR count). The first-order valence-electron chi connectivity index (χ1n) is 0.655. The average molecular weight is 226 g/mol. The first-order chi connectivity index (χ1) is 1.73. The molecule has 0 heterocycles. The van der Waals surface area contributed by atoms with Gasteiger partial charge in [0.25, 0.3) is 0 Å². The molecule has 0 N–H and O–H groups in total. The van der Waals surface area contributed by atoms with Crippen LogP contribution in [0.25, 0.3) is 0 Å². The van der Waals surface area contributed by atoms with E-state index in [0.29, 0.717) is 0 Å². The normalized spacial score (nSPS) is 9.00. The Morgan fingerprint density at radius 3 is 1.00 bits per heavy atom. The van der Waals surface area contributed by atoms with Gasteiger partial charge in [0.15, 0.2) is 0 Å². The van der Waals surface area contributed by atoms with Crippen LogP contribution in [0.15, 0.2) is 0 Å². The van der Waals surface area contributed by atoms with Gasteiger partial charge in [-0.25, -0.2) is 0 Å². The second-order valence-corrected chi connectivity index (χ2v) is 14.9. The van der Waals surface area contributed by atoms with E-state index in [0.717, 1.165) is 0 Å². The van der Waals surface area contributed by atoms with Crippen LogP contribution >= 0.6 is 26.8 Å². The summed E-state index contributed by atoms with van der Waals surface area (Å²) in [5, 5.41) is 0. The fourth-order valence-electron chi connectivity index (χ4n) is 0. The molecule has 0 aromatic carbocycles. The Morgan fingerprint density at radius 2 is 1.00 bits per heavy atom. The molecule has 0 spiro atoms. The van der Waals surface area contributed by atoms with Gasteiger partial charge in [0, 0.05) is 0 Å². The summed E-state index contributed by atoms with van der Waals surface area (Å²) < 4.78 is 0. The maximum atomic E-state index is 5.02. The molecule has 0 bridgehead atoms. The van der Waals surface area contributed by atoms with Gasteiger partial charge in [0.05, 0.1) is 0 Å². The van der Waals surface area contributed by atoms with Crippen LogP contribution in [-0.2, 0) is 0 Å². The molecule has 0 saturated heterocycles. The number of rotatable bonds is 0. The van der Waals surface area contributed by atoms with Gasteiger partial charge in [-0.05, 0) is 0 Å². The molecule has 0 atom stereocenters. The molecule has 26 valence electrons. The van der Waals surface area contributed by atoms with E-state index in [1.165, 1.54) is 0 Å². The Labute approximate surface area is 42.9 Å². The molecular weight excluding hydrogens is 225 g/mol.